The van der Waals surface area contributed by atoms with Gasteiger partial charge in [-0.25, -0.2) is 0 Å². The average molecular weight is 592 g/mol. The van der Waals surface area contributed by atoms with Gasteiger partial charge in [-0.15, -0.1) is 0 Å². The van der Waals surface area contributed by atoms with E-state index in [4.69, 9.17) is 0 Å². The molecule has 0 spiro atoms. The summed E-state index contributed by atoms with van der Waals surface area (Å²) in [5.41, 5.74) is 8.74. The fourth-order valence-electron chi connectivity index (χ4n) is 6.36. The highest BCUT2D eigenvalue weighted by molar-refractivity contribution is 6.42. The van der Waals surface area contributed by atoms with Gasteiger partial charge < -0.3 is 4.90 Å². The number of carbonyl (C=O) groups is 2. The van der Waals surface area contributed by atoms with Crippen molar-refractivity contribution >= 4 is 56.2 Å². The molecule has 46 heavy (non-hydrogen) atoms. The smallest absolute Gasteiger partial charge is 0.197 e. The van der Waals surface area contributed by atoms with Gasteiger partial charge in [0, 0.05) is 28.2 Å². The quantitative estimate of drug-likeness (QED) is 0.148. The molecule has 0 bridgehead atoms. The summed E-state index contributed by atoms with van der Waals surface area (Å²) in [6.07, 6.45) is 1.73. The molecule has 3 nitrogen and oxygen atoms in total. The Morgan fingerprint density at radius 2 is 0.957 bits per heavy atom. The number of carbonyl (C=O) groups excluding carboxylic acids is 2. The molecule has 0 unspecified atom stereocenters. The van der Waals surface area contributed by atoms with Crippen molar-refractivity contribution in [2.45, 2.75) is 6.92 Å². The van der Waals surface area contributed by atoms with E-state index in [1.54, 1.807) is 6.08 Å². The summed E-state index contributed by atoms with van der Waals surface area (Å²) in [5.74, 6) is -0.429. The summed E-state index contributed by atoms with van der Waals surface area (Å²) >= 11 is 0. The number of hydrogen-bond donors (Lipinski definition) is 0. The Bertz CT molecular complexity index is 2280. The maximum Gasteiger partial charge on any atom is 0.197 e. The SMILES string of the molecule is Cc1ccc(N(c2ccc(-c3ccccc3)cc2)c2ccc3cc(C=C4C(=O)c5cc6ccccc6cc5C4=O)ccc3c2)cc1. The summed E-state index contributed by atoms with van der Waals surface area (Å²) in [6.45, 7) is 2.10. The van der Waals surface area contributed by atoms with Crippen molar-refractivity contribution in [3.8, 4) is 11.1 Å². The summed E-state index contributed by atoms with van der Waals surface area (Å²) in [4.78, 5) is 28.9. The number of rotatable bonds is 5. The van der Waals surface area contributed by atoms with E-state index < -0.39 is 0 Å². The van der Waals surface area contributed by atoms with Crippen LogP contribution in [0.4, 0.5) is 17.1 Å². The predicted molar refractivity (Wildman–Crippen MR) is 189 cm³/mol. The summed E-state index contributed by atoms with van der Waals surface area (Å²) in [6, 6.07) is 51.6. The molecule has 0 N–H and O–H groups in total. The Hall–Kier alpha value is -6.06. The maximum atomic E-state index is 13.3. The largest absolute Gasteiger partial charge is 0.310 e. The number of anilines is 3. The third-order valence-electron chi connectivity index (χ3n) is 8.81. The van der Waals surface area contributed by atoms with Gasteiger partial charge in [-0.3, -0.25) is 9.59 Å². The third-order valence-corrected chi connectivity index (χ3v) is 8.81. The highest BCUT2D eigenvalue weighted by Crippen LogP contribution is 2.38. The van der Waals surface area contributed by atoms with Crippen molar-refractivity contribution < 1.29 is 9.59 Å². The molecule has 7 aromatic rings. The van der Waals surface area contributed by atoms with E-state index in [2.05, 4.69) is 109 Å². The molecule has 0 saturated heterocycles. The Kier molecular flexibility index (Phi) is 6.66. The van der Waals surface area contributed by atoms with Gasteiger partial charge in [0.15, 0.2) is 11.6 Å². The minimum atomic E-state index is -0.215. The summed E-state index contributed by atoms with van der Waals surface area (Å²) in [5, 5.41) is 4.01. The first kappa shape index (κ1) is 27.5. The number of Topliss-reactive ketones (excluding diaryl/α,β-unsaturated/α-hetero) is 2. The number of hydrogen-bond acceptors (Lipinski definition) is 3. The van der Waals surface area contributed by atoms with Gasteiger partial charge >= 0.3 is 0 Å². The van der Waals surface area contributed by atoms with Crippen molar-refractivity contribution in [1.29, 1.82) is 0 Å². The fraction of sp³-hybridized carbons (Fsp3) is 0.0233. The first-order valence-corrected chi connectivity index (χ1v) is 15.4. The van der Waals surface area contributed by atoms with Crippen molar-refractivity contribution in [2.75, 3.05) is 4.90 Å². The normalized spacial score (nSPS) is 12.5. The zero-order valence-corrected chi connectivity index (χ0v) is 25.3. The zero-order chi connectivity index (χ0) is 31.2. The molecule has 1 aliphatic rings. The van der Waals surface area contributed by atoms with Gasteiger partial charge in [0.05, 0.1) is 5.57 Å². The molecular formula is C43H29NO2. The third kappa shape index (κ3) is 4.89. The summed E-state index contributed by atoms with van der Waals surface area (Å²) in [7, 11) is 0. The minimum absolute atomic E-state index is 0.214. The predicted octanol–water partition coefficient (Wildman–Crippen LogP) is 10.9. The van der Waals surface area contributed by atoms with Crippen LogP contribution in [-0.2, 0) is 0 Å². The van der Waals surface area contributed by atoms with Gasteiger partial charge in [-0.1, -0.05) is 103 Å². The molecule has 8 rings (SSSR count). The van der Waals surface area contributed by atoms with Gasteiger partial charge in [0.25, 0.3) is 0 Å². The van der Waals surface area contributed by atoms with Crippen LogP contribution in [0.15, 0.2) is 157 Å². The second-order valence-corrected chi connectivity index (χ2v) is 11.8. The minimum Gasteiger partial charge on any atom is -0.310 e. The number of aryl methyl sites for hydroxylation is 1. The molecule has 0 aromatic heterocycles. The Labute approximate surface area is 267 Å². The lowest BCUT2D eigenvalue weighted by Crippen LogP contribution is -2.09. The van der Waals surface area contributed by atoms with Crippen LogP contribution in [0.1, 0.15) is 31.8 Å². The van der Waals surface area contributed by atoms with Crippen LogP contribution < -0.4 is 4.90 Å². The lowest BCUT2D eigenvalue weighted by molar-refractivity contribution is 0.0990. The van der Waals surface area contributed by atoms with Crippen LogP contribution in [0, 0.1) is 6.92 Å². The molecule has 1 aliphatic carbocycles. The second kappa shape index (κ2) is 11.1. The highest BCUT2D eigenvalue weighted by atomic mass is 16.2. The van der Waals surface area contributed by atoms with E-state index in [0.29, 0.717) is 11.1 Å². The van der Waals surface area contributed by atoms with Crippen molar-refractivity contribution in [3.63, 3.8) is 0 Å². The van der Waals surface area contributed by atoms with Crippen LogP contribution in [-0.4, -0.2) is 11.6 Å². The standard InChI is InChI=1S/C43H29NO2/c1-28-11-18-36(19-12-28)44(37-20-15-31(16-21-37)30-7-3-2-4-8-30)38-22-17-34-23-29(13-14-35(34)25-38)24-41-42(45)39-26-32-9-5-6-10-33(32)27-40(39)43(41)46/h2-27H,1H3. The van der Waals surface area contributed by atoms with Gasteiger partial charge in [0.1, 0.15) is 0 Å². The lowest BCUT2D eigenvalue weighted by atomic mass is 10.0. The van der Waals surface area contributed by atoms with E-state index in [0.717, 1.165) is 44.2 Å². The van der Waals surface area contributed by atoms with Gasteiger partial charge in [-0.2, -0.15) is 0 Å². The van der Waals surface area contributed by atoms with Gasteiger partial charge in [-0.05, 0) is 106 Å². The topological polar surface area (TPSA) is 37.4 Å². The van der Waals surface area contributed by atoms with Crippen molar-refractivity contribution in [2.24, 2.45) is 0 Å². The number of benzene rings is 7. The van der Waals surface area contributed by atoms with Crippen LogP contribution in [0.3, 0.4) is 0 Å². The zero-order valence-electron chi connectivity index (χ0n) is 25.3. The molecule has 3 heteroatoms. The molecule has 0 aliphatic heterocycles. The molecule has 0 radical (unpaired) electrons. The number of fused-ring (bicyclic) bond motifs is 3. The van der Waals surface area contributed by atoms with Gasteiger partial charge in [0.2, 0.25) is 0 Å². The lowest BCUT2D eigenvalue weighted by Gasteiger charge is -2.26. The van der Waals surface area contributed by atoms with Crippen LogP contribution in [0.2, 0.25) is 0 Å². The molecule has 0 saturated carbocycles. The van der Waals surface area contributed by atoms with E-state index in [1.807, 2.05) is 54.6 Å². The highest BCUT2D eigenvalue weighted by Gasteiger charge is 2.33. The first-order valence-electron chi connectivity index (χ1n) is 15.4. The average Bonchev–Trinajstić information content (AvgIpc) is 3.32. The van der Waals surface area contributed by atoms with E-state index in [9.17, 15) is 9.59 Å². The molecule has 218 valence electrons. The number of ketones is 2. The van der Waals surface area contributed by atoms with Crippen LogP contribution >= 0.6 is 0 Å². The fourth-order valence-corrected chi connectivity index (χ4v) is 6.36. The monoisotopic (exact) mass is 591 g/mol. The van der Waals surface area contributed by atoms with Crippen molar-refractivity contribution in [1.82, 2.24) is 0 Å². The maximum absolute atomic E-state index is 13.3. The Morgan fingerprint density at radius 3 is 1.61 bits per heavy atom. The first-order chi connectivity index (χ1) is 22.5. The number of nitrogens with zero attached hydrogens (tertiary/aromatic N) is 1. The van der Waals surface area contributed by atoms with Crippen LogP contribution in [0.25, 0.3) is 38.7 Å². The van der Waals surface area contributed by atoms with Crippen LogP contribution in [0.5, 0.6) is 0 Å². The summed E-state index contributed by atoms with van der Waals surface area (Å²) < 4.78 is 0. The molecule has 0 atom stereocenters. The second-order valence-electron chi connectivity index (χ2n) is 11.8. The van der Waals surface area contributed by atoms with E-state index in [-0.39, 0.29) is 17.1 Å². The molecule has 0 heterocycles. The molecule has 7 aromatic carbocycles. The molecule has 0 amide bonds. The Morgan fingerprint density at radius 1 is 0.457 bits per heavy atom. The number of allylic oxidation sites excluding steroid dienone is 1. The van der Waals surface area contributed by atoms with Crippen molar-refractivity contribution in [3.05, 3.63) is 179 Å². The van der Waals surface area contributed by atoms with E-state index in [1.165, 1.54) is 16.7 Å². The van der Waals surface area contributed by atoms with E-state index >= 15 is 0 Å². The molecule has 0 fully saturated rings. The Balaban J connectivity index is 1.14. The molecular weight excluding hydrogens is 562 g/mol.